The Balaban J connectivity index is 1.68. The molecule has 1 aliphatic carbocycles. The van der Waals surface area contributed by atoms with E-state index in [9.17, 15) is 9.18 Å². The lowest BCUT2D eigenvalue weighted by Crippen LogP contribution is -2.33. The number of aromatic nitrogens is 3. The van der Waals surface area contributed by atoms with E-state index in [0.29, 0.717) is 17.9 Å². The van der Waals surface area contributed by atoms with Gasteiger partial charge in [0.2, 0.25) is 5.91 Å². The summed E-state index contributed by atoms with van der Waals surface area (Å²) < 4.78 is 15.3. The lowest BCUT2D eigenvalue weighted by Gasteiger charge is -2.24. The molecular formula is C18H21FN4O. The smallest absolute Gasteiger partial charge is 0.226 e. The van der Waals surface area contributed by atoms with Crippen molar-refractivity contribution < 1.29 is 9.18 Å². The van der Waals surface area contributed by atoms with Crippen LogP contribution in [0.1, 0.15) is 44.5 Å². The van der Waals surface area contributed by atoms with Gasteiger partial charge >= 0.3 is 0 Å². The molecule has 0 bridgehead atoms. The molecule has 1 atom stereocenters. The maximum Gasteiger partial charge on any atom is 0.226 e. The molecule has 5 nitrogen and oxygen atoms in total. The van der Waals surface area contributed by atoms with Gasteiger partial charge in [0.15, 0.2) is 5.82 Å². The first-order valence-electron chi connectivity index (χ1n) is 8.68. The van der Waals surface area contributed by atoms with Gasteiger partial charge in [0.1, 0.15) is 11.6 Å². The number of amides is 1. The quantitative estimate of drug-likeness (QED) is 0.866. The molecule has 4 rings (SSSR count). The van der Waals surface area contributed by atoms with Gasteiger partial charge in [0.05, 0.1) is 6.04 Å². The van der Waals surface area contributed by atoms with Gasteiger partial charge in [-0.1, -0.05) is 12.1 Å². The first-order chi connectivity index (χ1) is 11.7. The molecule has 2 aromatic rings. The lowest BCUT2D eigenvalue weighted by molar-refractivity contribution is -0.133. The van der Waals surface area contributed by atoms with E-state index in [-0.39, 0.29) is 23.7 Å². The van der Waals surface area contributed by atoms with Crippen molar-refractivity contribution in [2.24, 2.45) is 5.92 Å². The Bertz CT molecular complexity index is 768. The van der Waals surface area contributed by atoms with Crippen LogP contribution >= 0.6 is 0 Å². The van der Waals surface area contributed by atoms with Crippen LogP contribution in [0.15, 0.2) is 24.3 Å². The molecule has 24 heavy (non-hydrogen) atoms. The van der Waals surface area contributed by atoms with Gasteiger partial charge in [-0.15, -0.1) is 0 Å². The number of aryl methyl sites for hydroxylation is 1. The molecule has 1 saturated carbocycles. The van der Waals surface area contributed by atoms with Crippen molar-refractivity contribution >= 4 is 5.91 Å². The monoisotopic (exact) mass is 328 g/mol. The average molecular weight is 328 g/mol. The van der Waals surface area contributed by atoms with Crippen LogP contribution in [0.25, 0.3) is 11.4 Å². The van der Waals surface area contributed by atoms with Crippen LogP contribution in [0.3, 0.4) is 0 Å². The van der Waals surface area contributed by atoms with Crippen LogP contribution < -0.4 is 0 Å². The number of hydrogen-bond donors (Lipinski definition) is 0. The van der Waals surface area contributed by atoms with E-state index >= 15 is 0 Å². The third-order valence-corrected chi connectivity index (χ3v) is 4.84. The topological polar surface area (TPSA) is 51.0 Å². The van der Waals surface area contributed by atoms with E-state index < -0.39 is 0 Å². The van der Waals surface area contributed by atoms with Crippen molar-refractivity contribution in [3.05, 3.63) is 35.9 Å². The third-order valence-electron chi connectivity index (χ3n) is 4.84. The van der Waals surface area contributed by atoms with Crippen LogP contribution in [0, 0.1) is 11.7 Å². The van der Waals surface area contributed by atoms with Gasteiger partial charge in [-0.25, -0.2) is 14.1 Å². The van der Waals surface area contributed by atoms with Crippen LogP contribution in [-0.4, -0.2) is 32.1 Å². The van der Waals surface area contributed by atoms with Gasteiger partial charge < -0.3 is 4.90 Å². The summed E-state index contributed by atoms with van der Waals surface area (Å²) in [5.41, 5.74) is 0.668. The lowest BCUT2D eigenvalue weighted by atomic mass is 10.2. The zero-order chi connectivity index (χ0) is 16.7. The highest BCUT2D eigenvalue weighted by atomic mass is 19.1. The Morgan fingerprint density at radius 1 is 1.33 bits per heavy atom. The largest absolute Gasteiger partial charge is 0.332 e. The van der Waals surface area contributed by atoms with Crippen LogP contribution in [0.4, 0.5) is 4.39 Å². The summed E-state index contributed by atoms with van der Waals surface area (Å²) in [5, 5.41) is 4.54. The second kappa shape index (κ2) is 6.00. The molecule has 6 heteroatoms. The Kier molecular flexibility index (Phi) is 3.82. The molecule has 1 aliphatic heterocycles. The Labute approximate surface area is 140 Å². The molecule has 0 spiro atoms. The number of carbonyl (C=O) groups is 1. The average Bonchev–Trinajstić information content (AvgIpc) is 3.17. The highest BCUT2D eigenvalue weighted by Gasteiger charge is 2.40. The second-order valence-corrected chi connectivity index (χ2v) is 6.58. The number of carbonyl (C=O) groups excluding carboxylic acids is 1. The van der Waals surface area contributed by atoms with Crippen LogP contribution in [-0.2, 0) is 11.3 Å². The number of nitrogens with zero attached hydrogens (tertiary/aromatic N) is 4. The molecule has 1 aromatic carbocycles. The maximum atomic E-state index is 13.5. The summed E-state index contributed by atoms with van der Waals surface area (Å²) in [6, 6.07) is 6.32. The summed E-state index contributed by atoms with van der Waals surface area (Å²) in [6.45, 7) is 3.49. The zero-order valence-electron chi connectivity index (χ0n) is 13.8. The summed E-state index contributed by atoms with van der Waals surface area (Å²) in [7, 11) is 0. The van der Waals surface area contributed by atoms with Crippen molar-refractivity contribution in [1.82, 2.24) is 19.7 Å². The molecule has 2 fully saturated rings. The number of rotatable bonds is 4. The molecule has 1 aromatic heterocycles. The van der Waals surface area contributed by atoms with Gasteiger partial charge in [-0.2, -0.15) is 5.10 Å². The van der Waals surface area contributed by atoms with Crippen molar-refractivity contribution in [2.75, 3.05) is 6.54 Å². The molecule has 1 saturated heterocycles. The molecule has 2 aliphatic rings. The van der Waals surface area contributed by atoms with Crippen LogP contribution in [0.2, 0.25) is 0 Å². The third kappa shape index (κ3) is 2.70. The van der Waals surface area contributed by atoms with Crippen molar-refractivity contribution in [2.45, 2.75) is 45.2 Å². The molecule has 1 amide bonds. The van der Waals surface area contributed by atoms with E-state index in [4.69, 9.17) is 0 Å². The van der Waals surface area contributed by atoms with Crippen molar-refractivity contribution in [3.8, 4) is 11.4 Å². The van der Waals surface area contributed by atoms with E-state index in [0.717, 1.165) is 38.1 Å². The minimum absolute atomic E-state index is 0.00661. The highest BCUT2D eigenvalue weighted by Crippen LogP contribution is 2.38. The summed E-state index contributed by atoms with van der Waals surface area (Å²) in [6.07, 6.45) is 3.93. The van der Waals surface area contributed by atoms with Gasteiger partial charge in [-0.05, 0) is 44.7 Å². The number of likely N-dealkylation sites (tertiary alicyclic amines) is 1. The fourth-order valence-corrected chi connectivity index (χ4v) is 3.45. The normalized spacial score (nSPS) is 20.6. The highest BCUT2D eigenvalue weighted by molar-refractivity contribution is 5.81. The SMILES string of the molecule is CCn1nc(-c2cccc(F)c2)nc1[C@@H]1CCCN1C(=O)C1CC1. The first-order valence-corrected chi connectivity index (χ1v) is 8.68. The Hall–Kier alpha value is -2.24. The Morgan fingerprint density at radius 3 is 2.88 bits per heavy atom. The fourth-order valence-electron chi connectivity index (χ4n) is 3.45. The van der Waals surface area contributed by atoms with Gasteiger partial charge in [0.25, 0.3) is 0 Å². The fraction of sp³-hybridized carbons (Fsp3) is 0.500. The van der Waals surface area contributed by atoms with E-state index in [2.05, 4.69) is 10.1 Å². The molecule has 126 valence electrons. The van der Waals surface area contributed by atoms with E-state index in [1.165, 1.54) is 12.1 Å². The second-order valence-electron chi connectivity index (χ2n) is 6.58. The van der Waals surface area contributed by atoms with Crippen LogP contribution in [0.5, 0.6) is 0 Å². The molecular weight excluding hydrogens is 307 g/mol. The predicted octanol–water partition coefficient (Wildman–Crippen LogP) is 3.18. The molecule has 0 unspecified atom stereocenters. The number of halogens is 1. The first kappa shape index (κ1) is 15.3. The molecule has 2 heterocycles. The Morgan fingerprint density at radius 2 is 2.17 bits per heavy atom. The number of hydrogen-bond acceptors (Lipinski definition) is 3. The summed E-state index contributed by atoms with van der Waals surface area (Å²) >= 11 is 0. The van der Waals surface area contributed by atoms with Gasteiger partial charge in [-0.3, -0.25) is 4.79 Å². The van der Waals surface area contributed by atoms with E-state index in [1.807, 2.05) is 22.6 Å². The number of benzene rings is 1. The standard InChI is InChI=1S/C18H21FN4O/c1-2-23-17(15-7-4-10-22(15)18(24)12-8-9-12)20-16(21-23)13-5-3-6-14(19)11-13/h3,5-6,11-12,15H,2,4,7-10H2,1H3/t15-/m0/s1. The minimum Gasteiger partial charge on any atom is -0.332 e. The molecule has 0 radical (unpaired) electrons. The maximum absolute atomic E-state index is 13.5. The summed E-state index contributed by atoms with van der Waals surface area (Å²) in [5.74, 6) is 1.52. The van der Waals surface area contributed by atoms with E-state index in [1.54, 1.807) is 6.07 Å². The zero-order valence-corrected chi connectivity index (χ0v) is 13.8. The predicted molar refractivity (Wildman–Crippen MR) is 87.5 cm³/mol. The van der Waals surface area contributed by atoms with Crippen molar-refractivity contribution in [1.29, 1.82) is 0 Å². The van der Waals surface area contributed by atoms with Gasteiger partial charge in [0, 0.05) is 24.6 Å². The minimum atomic E-state index is -0.298. The van der Waals surface area contributed by atoms with Crippen molar-refractivity contribution in [3.63, 3.8) is 0 Å². The summed E-state index contributed by atoms with van der Waals surface area (Å²) in [4.78, 5) is 19.2. The molecule has 0 N–H and O–H groups in total.